The molecule has 7 nitrogen and oxygen atoms in total. The number of benzene rings is 3. The van der Waals surface area contributed by atoms with Gasteiger partial charge in [-0.25, -0.2) is 4.39 Å². The number of halogens is 1. The van der Waals surface area contributed by atoms with Crippen LogP contribution < -0.4 is 10.9 Å². The quantitative estimate of drug-likeness (QED) is 0.150. The van der Waals surface area contributed by atoms with E-state index in [1.54, 1.807) is 23.0 Å². The van der Waals surface area contributed by atoms with Crippen LogP contribution in [0.2, 0.25) is 0 Å². The van der Waals surface area contributed by atoms with Crippen LogP contribution in [-0.2, 0) is 37.1 Å². The molecule has 9 heteroatoms. The van der Waals surface area contributed by atoms with Crippen molar-refractivity contribution in [1.82, 2.24) is 24.6 Å². The van der Waals surface area contributed by atoms with E-state index in [4.69, 9.17) is 0 Å². The van der Waals surface area contributed by atoms with Gasteiger partial charge in [-0.1, -0.05) is 78.5 Å². The summed E-state index contributed by atoms with van der Waals surface area (Å²) in [6, 6.07) is 24.6. The molecule has 42 heavy (non-hydrogen) atoms. The summed E-state index contributed by atoms with van der Waals surface area (Å²) in [7, 11) is 1.83. The number of hydrogen-bond acceptors (Lipinski definition) is 5. The van der Waals surface area contributed by atoms with E-state index < -0.39 is 0 Å². The first-order valence-electron chi connectivity index (χ1n) is 13.8. The molecule has 214 valence electrons. The Labute approximate surface area is 248 Å². The van der Waals surface area contributed by atoms with Gasteiger partial charge in [0.2, 0.25) is 5.91 Å². The van der Waals surface area contributed by atoms with Gasteiger partial charge in [-0.2, -0.15) is 10.1 Å². The van der Waals surface area contributed by atoms with Crippen LogP contribution in [0.25, 0.3) is 11.1 Å². The van der Waals surface area contributed by atoms with E-state index in [9.17, 15) is 14.0 Å². The molecule has 5 aromatic rings. The Hall–Kier alpha value is -4.50. The highest BCUT2D eigenvalue weighted by Gasteiger charge is 2.12. The summed E-state index contributed by atoms with van der Waals surface area (Å²) in [5, 5.41) is 7.76. The summed E-state index contributed by atoms with van der Waals surface area (Å²) in [5.41, 5.74) is 5.46. The molecular weight excluding hydrogens is 549 g/mol. The molecular formula is C33H32FN5O2S. The lowest BCUT2D eigenvalue weighted by Gasteiger charge is -2.14. The van der Waals surface area contributed by atoms with Gasteiger partial charge in [0.15, 0.2) is 5.16 Å². The third kappa shape index (κ3) is 8.04. The topological polar surface area (TPSA) is 81.8 Å². The number of carbonyl (C=O) groups is 1. The van der Waals surface area contributed by atoms with E-state index in [0.717, 1.165) is 27.8 Å². The van der Waals surface area contributed by atoms with Crippen LogP contribution >= 0.6 is 11.8 Å². The fraction of sp³-hybridized carbons (Fsp3) is 0.212. The Morgan fingerprint density at radius 1 is 0.905 bits per heavy atom. The zero-order valence-corrected chi connectivity index (χ0v) is 24.2. The van der Waals surface area contributed by atoms with Crippen molar-refractivity contribution in [1.29, 1.82) is 0 Å². The van der Waals surface area contributed by atoms with Gasteiger partial charge in [0.05, 0.1) is 6.20 Å². The summed E-state index contributed by atoms with van der Waals surface area (Å²) < 4.78 is 17.0. The average Bonchev–Trinajstić information content (AvgIpc) is 3.42. The van der Waals surface area contributed by atoms with Crippen LogP contribution in [-0.4, -0.2) is 25.2 Å². The maximum absolute atomic E-state index is 13.3. The molecule has 0 spiro atoms. The number of thioether (sulfide) groups is 1. The minimum atomic E-state index is -0.291. The third-order valence-corrected chi connectivity index (χ3v) is 7.88. The molecule has 1 N–H and O–H groups in total. The van der Waals surface area contributed by atoms with Crippen molar-refractivity contribution < 1.29 is 9.18 Å². The summed E-state index contributed by atoms with van der Waals surface area (Å²) in [6.07, 6.45) is 6.79. The predicted octanol–water partition coefficient (Wildman–Crippen LogP) is 5.76. The second-order valence-corrected chi connectivity index (χ2v) is 11.0. The number of hydrogen-bond donors (Lipinski definition) is 1. The molecule has 0 aliphatic rings. The molecule has 2 aromatic heterocycles. The molecule has 0 bridgehead atoms. The molecule has 0 saturated heterocycles. The zero-order valence-electron chi connectivity index (χ0n) is 23.4. The average molecular weight is 582 g/mol. The zero-order chi connectivity index (χ0) is 29.3. The van der Waals surface area contributed by atoms with Gasteiger partial charge in [0.1, 0.15) is 5.82 Å². The molecule has 2 heterocycles. The molecule has 0 aliphatic heterocycles. The van der Waals surface area contributed by atoms with Gasteiger partial charge in [-0.3, -0.25) is 14.3 Å². The standard InChI is InChI=1S/C33H32FN5O2S/c1-38-21-26(20-36-38)18-29-22-39(33(37-32(29)41)42-23-25-11-15-30(34)16-12-25)17-5-8-31(40)35-19-24-9-13-28(14-10-24)27-6-3-2-4-7-27/h2-4,6-7,9-16,20-22H,5,8,17-19,23H2,1H3,(H,35,40). The largest absolute Gasteiger partial charge is 0.352 e. The predicted molar refractivity (Wildman–Crippen MR) is 163 cm³/mol. The van der Waals surface area contributed by atoms with Gasteiger partial charge in [-0.05, 0) is 46.4 Å². The monoisotopic (exact) mass is 581 g/mol. The van der Waals surface area contributed by atoms with Gasteiger partial charge in [0.25, 0.3) is 5.56 Å². The van der Waals surface area contributed by atoms with Crippen molar-refractivity contribution in [3.05, 3.63) is 136 Å². The maximum atomic E-state index is 13.3. The lowest BCUT2D eigenvalue weighted by Crippen LogP contribution is -2.23. The molecule has 0 fully saturated rings. The van der Waals surface area contributed by atoms with Crippen LogP contribution in [0.15, 0.2) is 107 Å². The molecule has 1 amide bonds. The highest BCUT2D eigenvalue weighted by Crippen LogP contribution is 2.22. The summed E-state index contributed by atoms with van der Waals surface area (Å²) in [6.45, 7) is 0.986. The minimum absolute atomic E-state index is 0.0350. The van der Waals surface area contributed by atoms with Crippen molar-refractivity contribution in [3.63, 3.8) is 0 Å². The summed E-state index contributed by atoms with van der Waals surface area (Å²) in [4.78, 5) is 29.9. The number of rotatable bonds is 12. The number of aromatic nitrogens is 4. The fourth-order valence-corrected chi connectivity index (χ4v) is 5.52. The Bertz CT molecular complexity index is 1680. The Balaban J connectivity index is 1.20. The second-order valence-electron chi connectivity index (χ2n) is 10.1. The lowest BCUT2D eigenvalue weighted by atomic mass is 10.0. The van der Waals surface area contributed by atoms with Crippen LogP contribution in [0, 0.1) is 5.82 Å². The maximum Gasteiger partial charge on any atom is 0.277 e. The Morgan fingerprint density at radius 2 is 1.62 bits per heavy atom. The first-order valence-corrected chi connectivity index (χ1v) is 14.8. The molecule has 0 aliphatic carbocycles. The minimum Gasteiger partial charge on any atom is -0.352 e. The molecule has 3 aromatic carbocycles. The van der Waals surface area contributed by atoms with E-state index in [0.29, 0.717) is 48.8 Å². The van der Waals surface area contributed by atoms with Gasteiger partial charge < -0.3 is 9.88 Å². The van der Waals surface area contributed by atoms with Crippen LogP contribution in [0.5, 0.6) is 0 Å². The van der Waals surface area contributed by atoms with E-state index in [1.807, 2.05) is 54.3 Å². The second kappa shape index (κ2) is 13.9. The summed E-state index contributed by atoms with van der Waals surface area (Å²) in [5.74, 6) is 0.214. The number of nitrogens with one attached hydrogen (secondary N) is 1. The highest BCUT2D eigenvalue weighted by molar-refractivity contribution is 7.98. The van der Waals surface area contributed by atoms with Gasteiger partial charge in [0, 0.05) is 56.7 Å². The molecule has 0 unspecified atom stereocenters. The van der Waals surface area contributed by atoms with Crippen LogP contribution in [0.1, 0.15) is 35.1 Å². The Kier molecular flexibility index (Phi) is 9.61. The van der Waals surface area contributed by atoms with Crippen molar-refractivity contribution in [3.8, 4) is 11.1 Å². The van der Waals surface area contributed by atoms with E-state index in [-0.39, 0.29) is 17.3 Å². The normalized spacial score (nSPS) is 11.0. The number of nitrogens with zero attached hydrogens (tertiary/aromatic N) is 4. The number of amides is 1. The SMILES string of the molecule is Cn1cc(Cc2cn(CCCC(=O)NCc3ccc(-c4ccccc4)cc3)c(SCc3ccc(F)cc3)nc2=O)cn1. The number of carbonyl (C=O) groups excluding carboxylic acids is 1. The lowest BCUT2D eigenvalue weighted by molar-refractivity contribution is -0.121. The van der Waals surface area contributed by atoms with Gasteiger partial charge >= 0.3 is 0 Å². The van der Waals surface area contributed by atoms with E-state index in [1.165, 1.54) is 23.9 Å². The highest BCUT2D eigenvalue weighted by atomic mass is 32.2. The van der Waals surface area contributed by atoms with Crippen molar-refractivity contribution >= 4 is 17.7 Å². The smallest absolute Gasteiger partial charge is 0.277 e. The van der Waals surface area contributed by atoms with Crippen LogP contribution in [0.3, 0.4) is 0 Å². The van der Waals surface area contributed by atoms with Gasteiger partial charge in [-0.15, -0.1) is 0 Å². The van der Waals surface area contributed by atoms with E-state index in [2.05, 4.69) is 39.7 Å². The van der Waals surface area contributed by atoms with Crippen LogP contribution in [0.4, 0.5) is 4.39 Å². The van der Waals surface area contributed by atoms with Crippen molar-refractivity contribution in [2.24, 2.45) is 7.05 Å². The molecule has 0 atom stereocenters. The summed E-state index contributed by atoms with van der Waals surface area (Å²) >= 11 is 1.42. The fourth-order valence-electron chi connectivity index (χ4n) is 4.57. The Morgan fingerprint density at radius 3 is 2.33 bits per heavy atom. The molecule has 5 rings (SSSR count). The van der Waals surface area contributed by atoms with E-state index >= 15 is 0 Å². The first kappa shape index (κ1) is 29.0. The molecule has 0 saturated carbocycles. The third-order valence-electron chi connectivity index (χ3n) is 6.82. The van der Waals surface area contributed by atoms with Crippen molar-refractivity contribution in [2.75, 3.05) is 0 Å². The van der Waals surface area contributed by atoms with Crippen molar-refractivity contribution in [2.45, 2.75) is 43.3 Å². The first-order chi connectivity index (χ1) is 20.4. The molecule has 0 radical (unpaired) electrons. The number of aryl methyl sites for hydroxylation is 2.